The highest BCUT2D eigenvalue weighted by Crippen LogP contribution is 2.31. The van der Waals surface area contributed by atoms with E-state index in [1.165, 1.54) is 0 Å². The molecule has 3 rings (SSSR count). The molecule has 0 aliphatic carbocycles. The van der Waals surface area contributed by atoms with Crippen molar-refractivity contribution >= 4 is 27.6 Å². The number of hydrogen-bond donors (Lipinski definition) is 2. The maximum absolute atomic E-state index is 12.3. The minimum absolute atomic E-state index is 0.0271. The number of halogens is 1. The van der Waals surface area contributed by atoms with Crippen molar-refractivity contribution in [2.45, 2.75) is 19.4 Å². The molecule has 1 aliphatic heterocycles. The average molecular weight is 361 g/mol. The number of aryl methyl sites for hydroxylation is 1. The summed E-state index contributed by atoms with van der Waals surface area (Å²) in [4.78, 5) is 12.3. The lowest BCUT2D eigenvalue weighted by Crippen LogP contribution is -2.35. The van der Waals surface area contributed by atoms with E-state index in [0.717, 1.165) is 33.5 Å². The van der Waals surface area contributed by atoms with Crippen molar-refractivity contribution in [2.24, 2.45) is 0 Å². The Balaban J connectivity index is 1.70. The van der Waals surface area contributed by atoms with Crippen LogP contribution in [0.15, 0.2) is 46.9 Å². The summed E-state index contributed by atoms with van der Waals surface area (Å²) in [5.41, 5.74) is 2.84. The average Bonchev–Trinajstić information content (AvgIpc) is 2.50. The van der Waals surface area contributed by atoms with Crippen molar-refractivity contribution in [1.82, 2.24) is 5.32 Å². The summed E-state index contributed by atoms with van der Waals surface area (Å²) in [6.45, 7) is 2.57. The van der Waals surface area contributed by atoms with Crippen LogP contribution in [0.1, 0.15) is 23.6 Å². The number of benzene rings is 2. The Morgan fingerprint density at radius 3 is 2.91 bits per heavy atom. The Kier molecular flexibility index (Phi) is 4.34. The zero-order valence-electron chi connectivity index (χ0n) is 12.2. The van der Waals surface area contributed by atoms with Crippen molar-refractivity contribution in [2.75, 3.05) is 11.9 Å². The normalized spacial score (nSPS) is 16.4. The van der Waals surface area contributed by atoms with E-state index in [2.05, 4.69) is 26.6 Å². The minimum Gasteiger partial charge on any atom is -0.493 e. The number of amides is 2. The Labute approximate surface area is 138 Å². The SMILES string of the molecule is Cc1cc(Br)ccc1NC(=O)NC1CCOc2ccccc21. The van der Waals surface area contributed by atoms with Gasteiger partial charge in [-0.1, -0.05) is 34.1 Å². The van der Waals surface area contributed by atoms with Crippen LogP contribution in [0, 0.1) is 6.92 Å². The monoisotopic (exact) mass is 360 g/mol. The third kappa shape index (κ3) is 3.25. The Hall–Kier alpha value is -2.01. The number of rotatable bonds is 2. The molecule has 1 aliphatic rings. The first-order valence-corrected chi connectivity index (χ1v) is 7.98. The molecule has 2 N–H and O–H groups in total. The van der Waals surface area contributed by atoms with Crippen LogP contribution in [-0.2, 0) is 0 Å². The van der Waals surface area contributed by atoms with Crippen molar-refractivity contribution < 1.29 is 9.53 Å². The van der Waals surface area contributed by atoms with Crippen molar-refractivity contribution in [3.8, 4) is 5.75 Å². The van der Waals surface area contributed by atoms with Crippen LogP contribution in [0.2, 0.25) is 0 Å². The van der Waals surface area contributed by atoms with Gasteiger partial charge in [0.2, 0.25) is 0 Å². The number of carbonyl (C=O) groups excluding carboxylic acids is 1. The Bertz CT molecular complexity index is 703. The summed E-state index contributed by atoms with van der Waals surface area (Å²) in [6, 6.07) is 13.4. The molecule has 1 heterocycles. The molecule has 0 radical (unpaired) electrons. The molecule has 2 aromatic rings. The first-order valence-electron chi connectivity index (χ1n) is 7.19. The van der Waals surface area contributed by atoms with E-state index >= 15 is 0 Å². The summed E-state index contributed by atoms with van der Waals surface area (Å²) >= 11 is 3.42. The van der Waals surface area contributed by atoms with Gasteiger partial charge in [-0.3, -0.25) is 0 Å². The van der Waals surface area contributed by atoms with Gasteiger partial charge in [-0.25, -0.2) is 4.79 Å². The topological polar surface area (TPSA) is 50.4 Å². The maximum Gasteiger partial charge on any atom is 0.319 e. The summed E-state index contributed by atoms with van der Waals surface area (Å²) in [6.07, 6.45) is 0.768. The molecular formula is C17H17BrN2O2. The third-order valence-corrected chi connectivity index (χ3v) is 4.19. The lowest BCUT2D eigenvalue weighted by Gasteiger charge is -2.26. The molecule has 1 atom stereocenters. The molecule has 1 unspecified atom stereocenters. The number of hydrogen-bond acceptors (Lipinski definition) is 2. The molecule has 0 spiro atoms. The summed E-state index contributed by atoms with van der Waals surface area (Å²) in [7, 11) is 0. The number of nitrogens with one attached hydrogen (secondary N) is 2. The fourth-order valence-electron chi connectivity index (χ4n) is 2.58. The third-order valence-electron chi connectivity index (χ3n) is 3.70. The van der Waals surface area contributed by atoms with Crippen LogP contribution >= 0.6 is 15.9 Å². The van der Waals surface area contributed by atoms with E-state index in [-0.39, 0.29) is 12.1 Å². The van der Waals surface area contributed by atoms with E-state index in [1.54, 1.807) is 0 Å². The number of anilines is 1. The second kappa shape index (κ2) is 6.40. The molecule has 2 aromatic carbocycles. The van der Waals surface area contributed by atoms with Crippen LogP contribution in [-0.4, -0.2) is 12.6 Å². The molecule has 0 bridgehead atoms. The van der Waals surface area contributed by atoms with E-state index in [9.17, 15) is 4.79 Å². The predicted octanol–water partition coefficient (Wildman–Crippen LogP) is 4.40. The molecule has 4 nitrogen and oxygen atoms in total. The fraction of sp³-hybridized carbons (Fsp3) is 0.235. The first-order chi connectivity index (χ1) is 10.6. The van der Waals surface area contributed by atoms with E-state index in [1.807, 2.05) is 49.4 Å². The van der Waals surface area contributed by atoms with Gasteiger partial charge in [0, 0.05) is 22.1 Å². The van der Waals surface area contributed by atoms with Gasteiger partial charge in [-0.2, -0.15) is 0 Å². The van der Waals surface area contributed by atoms with Gasteiger partial charge >= 0.3 is 6.03 Å². The molecule has 0 aromatic heterocycles. The molecule has 2 amide bonds. The smallest absolute Gasteiger partial charge is 0.319 e. The number of urea groups is 1. The second-order valence-corrected chi connectivity index (χ2v) is 6.20. The molecular weight excluding hydrogens is 344 g/mol. The highest BCUT2D eigenvalue weighted by atomic mass is 79.9. The fourth-order valence-corrected chi connectivity index (χ4v) is 3.05. The maximum atomic E-state index is 12.3. The summed E-state index contributed by atoms with van der Waals surface area (Å²) < 4.78 is 6.60. The van der Waals surface area contributed by atoms with Gasteiger partial charge in [0.1, 0.15) is 5.75 Å². The lowest BCUT2D eigenvalue weighted by atomic mass is 10.0. The Morgan fingerprint density at radius 1 is 1.27 bits per heavy atom. The highest BCUT2D eigenvalue weighted by molar-refractivity contribution is 9.10. The molecule has 114 valence electrons. The zero-order chi connectivity index (χ0) is 15.5. The first kappa shape index (κ1) is 14.9. The van der Waals surface area contributed by atoms with E-state index < -0.39 is 0 Å². The quantitative estimate of drug-likeness (QED) is 0.833. The van der Waals surface area contributed by atoms with Crippen LogP contribution in [0.4, 0.5) is 10.5 Å². The van der Waals surface area contributed by atoms with Gasteiger partial charge in [0.15, 0.2) is 0 Å². The number of para-hydroxylation sites is 1. The van der Waals surface area contributed by atoms with Gasteiger partial charge < -0.3 is 15.4 Å². The van der Waals surface area contributed by atoms with Crippen LogP contribution < -0.4 is 15.4 Å². The lowest BCUT2D eigenvalue weighted by molar-refractivity contribution is 0.232. The number of fused-ring (bicyclic) bond motifs is 1. The molecule has 0 fully saturated rings. The van der Waals surface area contributed by atoms with Gasteiger partial charge in [0.05, 0.1) is 12.6 Å². The molecule has 0 saturated carbocycles. The van der Waals surface area contributed by atoms with Crippen molar-refractivity contribution in [1.29, 1.82) is 0 Å². The van der Waals surface area contributed by atoms with Crippen LogP contribution in [0.25, 0.3) is 0 Å². The summed E-state index contributed by atoms with van der Waals surface area (Å²) in [5.74, 6) is 0.846. The molecule has 22 heavy (non-hydrogen) atoms. The molecule has 0 saturated heterocycles. The van der Waals surface area contributed by atoms with Crippen molar-refractivity contribution in [3.63, 3.8) is 0 Å². The van der Waals surface area contributed by atoms with Gasteiger partial charge in [-0.05, 0) is 36.8 Å². The standard InChI is InChI=1S/C17H17BrN2O2/c1-11-10-12(18)6-7-14(11)19-17(21)20-15-8-9-22-16-5-3-2-4-13(15)16/h2-7,10,15H,8-9H2,1H3,(H2,19,20,21). The predicted molar refractivity (Wildman–Crippen MR) is 90.3 cm³/mol. The Morgan fingerprint density at radius 2 is 2.09 bits per heavy atom. The zero-order valence-corrected chi connectivity index (χ0v) is 13.8. The van der Waals surface area contributed by atoms with Gasteiger partial charge in [-0.15, -0.1) is 0 Å². The van der Waals surface area contributed by atoms with Crippen LogP contribution in [0.3, 0.4) is 0 Å². The van der Waals surface area contributed by atoms with E-state index in [4.69, 9.17) is 4.74 Å². The largest absolute Gasteiger partial charge is 0.493 e. The number of carbonyl (C=O) groups is 1. The second-order valence-electron chi connectivity index (χ2n) is 5.29. The van der Waals surface area contributed by atoms with Crippen molar-refractivity contribution in [3.05, 3.63) is 58.1 Å². The molecule has 5 heteroatoms. The van der Waals surface area contributed by atoms with Crippen LogP contribution in [0.5, 0.6) is 5.75 Å². The van der Waals surface area contributed by atoms with E-state index in [0.29, 0.717) is 6.61 Å². The highest BCUT2D eigenvalue weighted by Gasteiger charge is 2.22. The summed E-state index contributed by atoms with van der Waals surface area (Å²) in [5, 5.41) is 5.93. The number of ether oxygens (including phenoxy) is 1. The van der Waals surface area contributed by atoms with Gasteiger partial charge in [0.25, 0.3) is 0 Å². The minimum atomic E-state index is -0.202.